The van der Waals surface area contributed by atoms with Crippen LogP contribution in [-0.2, 0) is 0 Å². The molecule has 0 bridgehead atoms. The van der Waals surface area contributed by atoms with Gasteiger partial charge in [0.2, 0.25) is 0 Å². The molecule has 3 heteroatoms. The van der Waals surface area contributed by atoms with E-state index in [9.17, 15) is 0 Å². The minimum atomic E-state index is -1.03. The summed E-state index contributed by atoms with van der Waals surface area (Å²) in [6, 6.07) is 0. The van der Waals surface area contributed by atoms with Crippen LogP contribution in [0.15, 0.2) is 4.58 Å². The van der Waals surface area contributed by atoms with Gasteiger partial charge in [0.05, 0.1) is 0 Å². The van der Waals surface area contributed by atoms with Crippen molar-refractivity contribution in [1.29, 1.82) is 0 Å². The van der Waals surface area contributed by atoms with Crippen molar-refractivity contribution in [1.82, 2.24) is 0 Å². The average Bonchev–Trinajstić information content (AvgIpc) is 1.38. The maximum absolute atomic E-state index is 9.16. The lowest BCUT2D eigenvalue weighted by Crippen LogP contribution is -1.34. The number of thiol groups is 1. The van der Waals surface area contributed by atoms with Gasteiger partial charge >= 0.3 is 0 Å². The molecule has 0 radical (unpaired) electrons. The lowest BCUT2D eigenvalue weighted by Gasteiger charge is -1.65. The maximum atomic E-state index is 9.16. The SMILES string of the molecule is C#[SH](C)N=O. The first-order valence-corrected chi connectivity index (χ1v) is 2.90. The number of nitrogens with zero attached hydrogens (tertiary/aromatic N) is 1. The van der Waals surface area contributed by atoms with Crippen LogP contribution in [0, 0.1) is 10.6 Å². The van der Waals surface area contributed by atoms with E-state index >= 15 is 0 Å². The lowest BCUT2D eigenvalue weighted by molar-refractivity contribution is 1.87. The highest BCUT2D eigenvalue weighted by molar-refractivity contribution is 8.04. The van der Waals surface area contributed by atoms with Crippen LogP contribution >= 0.6 is 10.5 Å². The van der Waals surface area contributed by atoms with Crippen molar-refractivity contribution in [2.24, 2.45) is 4.58 Å². The molecule has 0 aliphatic rings. The fourth-order valence-electron chi connectivity index (χ4n) is 0. The Bertz CT molecular complexity index is 89.6. The summed E-state index contributed by atoms with van der Waals surface area (Å²) in [4.78, 5) is 9.16. The largest absolute Gasteiger partial charge is 0.138 e. The highest BCUT2D eigenvalue weighted by Gasteiger charge is 1.56. The van der Waals surface area contributed by atoms with E-state index in [4.69, 9.17) is 10.6 Å². The van der Waals surface area contributed by atoms with Gasteiger partial charge in [0, 0.05) is 0 Å². The van der Waals surface area contributed by atoms with E-state index in [0.29, 0.717) is 0 Å². The molecule has 0 spiro atoms. The number of rotatable bonds is 0. The van der Waals surface area contributed by atoms with Crippen LogP contribution in [0.2, 0.25) is 0 Å². The molecule has 0 amide bonds. The van der Waals surface area contributed by atoms with E-state index in [1.807, 2.05) is 0 Å². The summed E-state index contributed by atoms with van der Waals surface area (Å²) < 4.78 is 2.48. The first-order valence-electron chi connectivity index (χ1n) is 1.09. The third kappa shape index (κ3) is 3.73. The molecule has 0 heterocycles. The van der Waals surface area contributed by atoms with Crippen molar-refractivity contribution in [2.45, 2.75) is 0 Å². The van der Waals surface area contributed by atoms with Gasteiger partial charge in [-0.25, -0.2) is 0 Å². The summed E-state index contributed by atoms with van der Waals surface area (Å²) in [5.41, 5.74) is 4.88. The second-order valence-corrected chi connectivity index (χ2v) is 1.97. The molecule has 0 fully saturated rings. The van der Waals surface area contributed by atoms with E-state index in [2.05, 4.69) is 4.58 Å². The van der Waals surface area contributed by atoms with Gasteiger partial charge in [-0.05, 0) is 10.8 Å². The van der Waals surface area contributed by atoms with Crippen LogP contribution in [0.25, 0.3) is 0 Å². The molecule has 1 atom stereocenters. The standard InChI is InChI=1S/C2H5NOS/c1-5(2)3-4/h1,5H,2H3. The normalized spacial score (nSPS) is 13.6. The second-order valence-electron chi connectivity index (χ2n) is 0.655. The fraction of sp³-hybridized carbons (Fsp3) is 0.500. The Hall–Kier alpha value is -0.270. The molecule has 5 heavy (non-hydrogen) atoms. The minimum absolute atomic E-state index is 1.03. The van der Waals surface area contributed by atoms with Gasteiger partial charge < -0.3 is 0 Å². The van der Waals surface area contributed by atoms with Gasteiger partial charge in [-0.1, -0.05) is 10.5 Å². The van der Waals surface area contributed by atoms with Gasteiger partial charge in [-0.2, -0.15) is 0 Å². The van der Waals surface area contributed by atoms with Gasteiger partial charge in [0.25, 0.3) is 0 Å². The average molecular weight is 91.1 g/mol. The van der Waals surface area contributed by atoms with E-state index in [0.717, 1.165) is 0 Å². The topological polar surface area (TPSA) is 29.4 Å². The summed E-state index contributed by atoms with van der Waals surface area (Å²) in [5.74, 6) is 0. The Morgan fingerprint density at radius 1 is 2.00 bits per heavy atom. The predicted octanol–water partition coefficient (Wildman–Crippen LogP) is 0.888. The van der Waals surface area contributed by atoms with Crippen LogP contribution in [0.5, 0.6) is 0 Å². The highest BCUT2D eigenvalue weighted by atomic mass is 32.2. The molecule has 2 nitrogen and oxygen atoms in total. The summed E-state index contributed by atoms with van der Waals surface area (Å²) >= 11 is 0. The van der Waals surface area contributed by atoms with Crippen molar-refractivity contribution in [3.63, 3.8) is 0 Å². The molecule has 0 saturated heterocycles. The van der Waals surface area contributed by atoms with Crippen LogP contribution < -0.4 is 0 Å². The van der Waals surface area contributed by atoms with E-state index < -0.39 is 10.5 Å². The molecule has 30 valence electrons. The summed E-state index contributed by atoms with van der Waals surface area (Å²) in [5, 5.41) is 0. The van der Waals surface area contributed by atoms with Crippen molar-refractivity contribution >= 4 is 10.5 Å². The smallest absolute Gasteiger partial charge is 0.00605 e. The Balaban J connectivity index is 3.36. The maximum Gasteiger partial charge on any atom is -0.00605 e. The lowest BCUT2D eigenvalue weighted by atomic mass is 11.9. The Morgan fingerprint density at radius 2 is 2.20 bits per heavy atom. The highest BCUT2D eigenvalue weighted by Crippen LogP contribution is 1.95. The van der Waals surface area contributed by atoms with E-state index in [-0.39, 0.29) is 0 Å². The van der Waals surface area contributed by atoms with Crippen molar-refractivity contribution in [3.05, 3.63) is 4.91 Å². The molecule has 0 aromatic heterocycles. The Kier molecular flexibility index (Phi) is 1.89. The molecular formula is C2H5NOS. The molecule has 0 aliphatic carbocycles. The molecular weight excluding hydrogens is 86.1 g/mol. The van der Waals surface area contributed by atoms with Crippen LogP contribution in [0.1, 0.15) is 0 Å². The van der Waals surface area contributed by atoms with Gasteiger partial charge in [0.1, 0.15) is 0 Å². The zero-order valence-corrected chi connectivity index (χ0v) is 3.77. The number of nitroso groups, excluding NO2 is 1. The summed E-state index contributed by atoms with van der Waals surface area (Å²) in [7, 11) is -1.03. The summed E-state index contributed by atoms with van der Waals surface area (Å²) in [6.07, 6.45) is 1.59. The van der Waals surface area contributed by atoms with Crippen molar-refractivity contribution < 1.29 is 0 Å². The van der Waals surface area contributed by atoms with Crippen LogP contribution in [0.4, 0.5) is 0 Å². The van der Waals surface area contributed by atoms with Crippen molar-refractivity contribution in [3.8, 4) is 5.69 Å². The fourth-order valence-corrected chi connectivity index (χ4v) is 0. The van der Waals surface area contributed by atoms with Crippen LogP contribution in [0.3, 0.4) is 0 Å². The first kappa shape index (κ1) is 4.73. The predicted molar refractivity (Wildman–Crippen MR) is 25.6 cm³/mol. The third-order valence-electron chi connectivity index (χ3n) is 0.129. The Labute approximate surface area is 32.9 Å². The molecule has 1 unspecified atom stereocenters. The van der Waals surface area contributed by atoms with Crippen molar-refractivity contribution in [2.75, 3.05) is 6.26 Å². The van der Waals surface area contributed by atoms with Crippen LogP contribution in [-0.4, -0.2) is 6.26 Å². The van der Waals surface area contributed by atoms with Gasteiger partial charge in [0.15, 0.2) is 0 Å². The number of hydrogen-bond donors (Lipinski definition) is 1. The first-order chi connectivity index (χ1) is 2.27. The zero-order chi connectivity index (χ0) is 4.28. The molecule has 0 rings (SSSR count). The van der Waals surface area contributed by atoms with E-state index in [1.54, 1.807) is 6.26 Å². The molecule has 0 aromatic rings. The number of hydrogen-bond acceptors (Lipinski definition) is 2. The van der Waals surface area contributed by atoms with Gasteiger partial charge in [-0.3, -0.25) is 0 Å². The van der Waals surface area contributed by atoms with E-state index in [1.165, 1.54) is 0 Å². The minimum Gasteiger partial charge on any atom is -0.138 e. The monoisotopic (exact) mass is 91.0 g/mol. The molecule has 0 saturated carbocycles. The molecule has 0 aromatic carbocycles. The third-order valence-corrected chi connectivity index (χ3v) is 0.386. The molecule has 0 N–H and O–H groups in total. The molecule has 0 aliphatic heterocycles. The quantitative estimate of drug-likeness (QED) is 0.348. The second kappa shape index (κ2) is 2.00. The summed E-state index contributed by atoms with van der Waals surface area (Å²) in [6.45, 7) is 0. The zero-order valence-electron chi connectivity index (χ0n) is 2.88. The Morgan fingerprint density at radius 3 is 2.20 bits per heavy atom. The van der Waals surface area contributed by atoms with Gasteiger partial charge in [-0.15, -0.1) is 10.6 Å².